The quantitative estimate of drug-likeness (QED) is 0.830. The minimum Gasteiger partial charge on any atom is -0.478 e. The van der Waals surface area contributed by atoms with Crippen LogP contribution in [0.25, 0.3) is 0 Å². The lowest BCUT2D eigenvalue weighted by atomic mass is 10.0. The summed E-state index contributed by atoms with van der Waals surface area (Å²) in [5.74, 6) is -1.62. The van der Waals surface area contributed by atoms with Crippen LogP contribution < -0.4 is 0 Å². The molecular weight excluding hydrogens is 274 g/mol. The van der Waals surface area contributed by atoms with Gasteiger partial charge in [0.25, 0.3) is 11.8 Å². The predicted molar refractivity (Wildman–Crippen MR) is 71.7 cm³/mol. The number of hydrogen-bond donors (Lipinski definition) is 1. The summed E-state index contributed by atoms with van der Waals surface area (Å²) in [4.78, 5) is 36.6. The lowest BCUT2D eigenvalue weighted by Crippen LogP contribution is -2.52. The zero-order chi connectivity index (χ0) is 15.0. The first-order valence-corrected chi connectivity index (χ1v) is 6.90. The summed E-state index contributed by atoms with van der Waals surface area (Å²) >= 11 is 0. The largest absolute Gasteiger partial charge is 0.478 e. The van der Waals surface area contributed by atoms with Crippen molar-refractivity contribution in [2.75, 3.05) is 6.54 Å². The standard InChI is InChI=1S/C15H15NO5/c17-13-11-5-6-12(21-11)14(18)16(13)8-7-9-3-1-2-4-10(9)15(19)20/h1-4,11-12H,5-8H2,(H,19,20). The molecular formula is C15H15NO5. The number of carboxylic acids is 1. The highest BCUT2D eigenvalue weighted by molar-refractivity contribution is 6.02. The molecule has 0 radical (unpaired) electrons. The number of benzene rings is 1. The second-order valence-electron chi connectivity index (χ2n) is 5.23. The van der Waals surface area contributed by atoms with Gasteiger partial charge in [-0.05, 0) is 30.9 Å². The second-order valence-corrected chi connectivity index (χ2v) is 5.23. The molecule has 0 aromatic heterocycles. The fourth-order valence-corrected chi connectivity index (χ4v) is 2.86. The van der Waals surface area contributed by atoms with Gasteiger partial charge in [0.05, 0.1) is 5.56 Å². The first kappa shape index (κ1) is 13.8. The number of nitrogens with zero attached hydrogens (tertiary/aromatic N) is 1. The number of rotatable bonds is 4. The van der Waals surface area contributed by atoms with Crippen molar-refractivity contribution < 1.29 is 24.2 Å². The van der Waals surface area contributed by atoms with Crippen molar-refractivity contribution in [1.29, 1.82) is 0 Å². The van der Waals surface area contributed by atoms with Crippen molar-refractivity contribution >= 4 is 17.8 Å². The molecule has 3 rings (SSSR count). The summed E-state index contributed by atoms with van der Waals surface area (Å²) in [5, 5.41) is 9.13. The molecule has 2 saturated heterocycles. The topological polar surface area (TPSA) is 83.9 Å². The van der Waals surface area contributed by atoms with Crippen LogP contribution in [0.3, 0.4) is 0 Å². The Morgan fingerprint density at radius 3 is 2.43 bits per heavy atom. The molecule has 0 saturated carbocycles. The van der Waals surface area contributed by atoms with Crippen LogP contribution in [-0.2, 0) is 20.7 Å². The third kappa shape index (κ3) is 2.42. The van der Waals surface area contributed by atoms with Crippen LogP contribution in [0.15, 0.2) is 24.3 Å². The number of carbonyl (C=O) groups excluding carboxylic acids is 2. The van der Waals surface area contributed by atoms with Gasteiger partial charge in [0.2, 0.25) is 0 Å². The summed E-state index contributed by atoms with van der Waals surface area (Å²) in [6, 6.07) is 6.62. The maximum Gasteiger partial charge on any atom is 0.335 e. The molecule has 21 heavy (non-hydrogen) atoms. The van der Waals surface area contributed by atoms with E-state index in [2.05, 4.69) is 0 Å². The molecule has 2 bridgehead atoms. The number of morpholine rings is 1. The van der Waals surface area contributed by atoms with Crippen molar-refractivity contribution in [2.24, 2.45) is 0 Å². The summed E-state index contributed by atoms with van der Waals surface area (Å²) in [7, 11) is 0. The van der Waals surface area contributed by atoms with Crippen molar-refractivity contribution in [3.8, 4) is 0 Å². The van der Waals surface area contributed by atoms with Crippen molar-refractivity contribution in [1.82, 2.24) is 4.90 Å². The number of fused-ring (bicyclic) bond motifs is 2. The van der Waals surface area contributed by atoms with Crippen LogP contribution in [0, 0.1) is 0 Å². The molecule has 2 atom stereocenters. The average Bonchev–Trinajstić information content (AvgIpc) is 2.92. The molecule has 0 spiro atoms. The normalized spacial score (nSPS) is 24.5. The number of carboxylic acid groups (broad SMARTS) is 1. The van der Waals surface area contributed by atoms with Crippen LogP contribution in [0.5, 0.6) is 0 Å². The Hall–Kier alpha value is -2.21. The molecule has 110 valence electrons. The number of imide groups is 1. The van der Waals surface area contributed by atoms with Gasteiger partial charge in [0.1, 0.15) is 12.2 Å². The van der Waals surface area contributed by atoms with Gasteiger partial charge < -0.3 is 9.84 Å². The van der Waals surface area contributed by atoms with Gasteiger partial charge in [-0.3, -0.25) is 14.5 Å². The molecule has 1 N–H and O–H groups in total. The Morgan fingerprint density at radius 2 is 1.81 bits per heavy atom. The fraction of sp³-hybridized carbons (Fsp3) is 0.400. The molecule has 2 unspecified atom stereocenters. The highest BCUT2D eigenvalue weighted by atomic mass is 16.5. The van der Waals surface area contributed by atoms with Crippen LogP contribution in [-0.4, -0.2) is 46.5 Å². The highest BCUT2D eigenvalue weighted by Gasteiger charge is 2.46. The molecule has 2 heterocycles. The van der Waals surface area contributed by atoms with Gasteiger partial charge in [-0.2, -0.15) is 0 Å². The van der Waals surface area contributed by atoms with Gasteiger partial charge in [-0.15, -0.1) is 0 Å². The lowest BCUT2D eigenvalue weighted by Gasteiger charge is -2.30. The smallest absolute Gasteiger partial charge is 0.335 e. The van der Waals surface area contributed by atoms with E-state index >= 15 is 0 Å². The molecule has 1 aromatic rings. The average molecular weight is 289 g/mol. The highest BCUT2D eigenvalue weighted by Crippen LogP contribution is 2.28. The Kier molecular flexibility index (Phi) is 3.47. The SMILES string of the molecule is O=C(O)c1ccccc1CCN1C(=O)C2CCC(O2)C1=O. The summed E-state index contributed by atoms with van der Waals surface area (Å²) in [5.41, 5.74) is 0.818. The van der Waals surface area contributed by atoms with E-state index < -0.39 is 18.2 Å². The number of amides is 2. The minimum absolute atomic E-state index is 0.193. The van der Waals surface area contributed by atoms with Crippen molar-refractivity contribution in [3.63, 3.8) is 0 Å². The van der Waals surface area contributed by atoms with Gasteiger partial charge in [-0.1, -0.05) is 18.2 Å². The van der Waals surface area contributed by atoms with Gasteiger partial charge in [-0.25, -0.2) is 4.79 Å². The third-order valence-corrected chi connectivity index (χ3v) is 3.96. The molecule has 6 heteroatoms. The van der Waals surface area contributed by atoms with E-state index in [1.807, 2.05) is 0 Å². The monoisotopic (exact) mass is 289 g/mol. The summed E-state index contributed by atoms with van der Waals surface area (Å²) < 4.78 is 5.33. The number of ether oxygens (including phenoxy) is 1. The molecule has 1 aromatic carbocycles. The van der Waals surface area contributed by atoms with Crippen LogP contribution >= 0.6 is 0 Å². The van der Waals surface area contributed by atoms with E-state index in [1.54, 1.807) is 18.2 Å². The lowest BCUT2D eigenvalue weighted by molar-refractivity contribution is -0.168. The van der Waals surface area contributed by atoms with E-state index in [1.165, 1.54) is 11.0 Å². The van der Waals surface area contributed by atoms with Gasteiger partial charge >= 0.3 is 5.97 Å². The molecule has 2 aliphatic rings. The maximum absolute atomic E-state index is 12.1. The number of hydrogen-bond acceptors (Lipinski definition) is 4. The molecule has 2 amide bonds. The maximum atomic E-state index is 12.1. The van der Waals surface area contributed by atoms with Crippen LogP contribution in [0.2, 0.25) is 0 Å². The Balaban J connectivity index is 1.74. The molecule has 2 aliphatic heterocycles. The van der Waals surface area contributed by atoms with E-state index in [9.17, 15) is 14.4 Å². The molecule has 2 fully saturated rings. The zero-order valence-corrected chi connectivity index (χ0v) is 11.3. The second kappa shape index (κ2) is 5.29. The van der Waals surface area contributed by atoms with Gasteiger partial charge in [0.15, 0.2) is 0 Å². The minimum atomic E-state index is -1.01. The third-order valence-electron chi connectivity index (χ3n) is 3.96. The number of aromatic carboxylic acids is 1. The first-order chi connectivity index (χ1) is 10.1. The Bertz CT molecular complexity index is 590. The Labute approximate surface area is 121 Å². The van der Waals surface area contributed by atoms with E-state index in [0.717, 1.165) is 0 Å². The molecule has 0 aliphatic carbocycles. The zero-order valence-electron chi connectivity index (χ0n) is 11.3. The van der Waals surface area contributed by atoms with Crippen LogP contribution in [0.4, 0.5) is 0 Å². The van der Waals surface area contributed by atoms with E-state index in [0.29, 0.717) is 24.8 Å². The number of carbonyl (C=O) groups is 3. The fourth-order valence-electron chi connectivity index (χ4n) is 2.86. The summed E-state index contributed by atoms with van der Waals surface area (Å²) in [6.07, 6.45) is 0.471. The number of likely N-dealkylation sites (tertiary alicyclic amines) is 1. The summed E-state index contributed by atoms with van der Waals surface area (Å²) in [6.45, 7) is 0.193. The van der Waals surface area contributed by atoms with E-state index in [4.69, 9.17) is 9.84 Å². The first-order valence-electron chi connectivity index (χ1n) is 6.90. The van der Waals surface area contributed by atoms with Crippen molar-refractivity contribution in [2.45, 2.75) is 31.5 Å². The Morgan fingerprint density at radius 1 is 1.19 bits per heavy atom. The van der Waals surface area contributed by atoms with Crippen LogP contribution in [0.1, 0.15) is 28.8 Å². The molecule has 6 nitrogen and oxygen atoms in total. The van der Waals surface area contributed by atoms with Crippen molar-refractivity contribution in [3.05, 3.63) is 35.4 Å². The van der Waals surface area contributed by atoms with Gasteiger partial charge in [0, 0.05) is 6.54 Å². The predicted octanol–water partition coefficient (Wildman–Crippen LogP) is 0.844. The van der Waals surface area contributed by atoms with E-state index in [-0.39, 0.29) is 23.9 Å².